The molecule has 0 aliphatic rings. The molecule has 0 radical (unpaired) electrons. The Hall–Kier alpha value is -2.77. The third-order valence-corrected chi connectivity index (χ3v) is 3.79. The topological polar surface area (TPSA) is 130 Å². The molecule has 10 nitrogen and oxygen atoms in total. The number of nitrogens with one attached hydrogen (secondary N) is 1. The first kappa shape index (κ1) is 25.3. The largest absolute Gasteiger partial charge is 0.534 e. The smallest absolute Gasteiger partial charge is 0.486 e. The molecule has 30 heavy (non-hydrogen) atoms. The summed E-state index contributed by atoms with van der Waals surface area (Å²) in [5.41, 5.74) is -6.50. The first-order chi connectivity index (χ1) is 13.6. The van der Waals surface area contributed by atoms with Crippen molar-refractivity contribution in [3.8, 4) is 11.5 Å². The number of esters is 1. The number of halogens is 3. The predicted molar refractivity (Wildman–Crippen MR) is 95.0 cm³/mol. The second kappa shape index (κ2) is 9.82. The molecule has 1 aromatic rings. The lowest BCUT2D eigenvalue weighted by atomic mass is 10.2. The highest BCUT2D eigenvalue weighted by Gasteiger charge is 2.49. The fraction of sp³-hybridized carbons (Fsp3) is 0.562. The Bertz CT molecular complexity index is 866. The number of alkyl halides is 3. The SMILES string of the molecule is CC(=O)OCc1cc(OS(=O)(=O)C(F)(F)F)c(OCCNC(=O)OC(C)(C)C)cn1. The van der Waals surface area contributed by atoms with Crippen molar-refractivity contribution < 1.29 is 49.6 Å². The van der Waals surface area contributed by atoms with E-state index in [1.54, 1.807) is 20.8 Å². The first-order valence-electron chi connectivity index (χ1n) is 8.33. The number of amides is 1. The highest BCUT2D eigenvalue weighted by Crippen LogP contribution is 2.33. The average Bonchev–Trinajstić information content (AvgIpc) is 2.55. The number of carbonyl (C=O) groups is 2. The van der Waals surface area contributed by atoms with Crippen molar-refractivity contribution >= 4 is 22.2 Å². The molecule has 0 fully saturated rings. The predicted octanol–water partition coefficient (Wildman–Crippen LogP) is 2.28. The minimum atomic E-state index is -5.99. The Kier molecular flexibility index (Phi) is 8.27. The summed E-state index contributed by atoms with van der Waals surface area (Å²) in [7, 11) is -5.99. The molecule has 0 aliphatic heterocycles. The quantitative estimate of drug-likeness (QED) is 0.270. The highest BCUT2D eigenvalue weighted by atomic mass is 32.2. The number of aromatic nitrogens is 1. The lowest BCUT2D eigenvalue weighted by Crippen LogP contribution is -2.34. The van der Waals surface area contributed by atoms with Crippen LogP contribution in [0.4, 0.5) is 18.0 Å². The van der Waals surface area contributed by atoms with Gasteiger partial charge in [0.15, 0.2) is 11.5 Å². The maximum Gasteiger partial charge on any atom is 0.534 e. The van der Waals surface area contributed by atoms with E-state index in [9.17, 15) is 31.2 Å². The van der Waals surface area contributed by atoms with Crippen molar-refractivity contribution in [2.24, 2.45) is 0 Å². The minimum Gasteiger partial charge on any atom is -0.486 e. The van der Waals surface area contributed by atoms with E-state index in [1.807, 2.05) is 0 Å². The summed E-state index contributed by atoms with van der Waals surface area (Å²) in [5.74, 6) is -1.95. The fourth-order valence-electron chi connectivity index (χ4n) is 1.69. The highest BCUT2D eigenvalue weighted by molar-refractivity contribution is 7.88. The van der Waals surface area contributed by atoms with Crippen molar-refractivity contribution in [3.63, 3.8) is 0 Å². The number of hydrogen-bond donors (Lipinski definition) is 1. The molecular weight excluding hydrogens is 437 g/mol. The molecule has 1 N–H and O–H groups in total. The summed E-state index contributed by atoms with van der Waals surface area (Å²) in [5, 5.41) is 2.34. The molecule has 0 unspecified atom stereocenters. The van der Waals surface area contributed by atoms with Crippen LogP contribution in [-0.2, 0) is 31.0 Å². The molecule has 1 amide bonds. The monoisotopic (exact) mass is 458 g/mol. The van der Waals surface area contributed by atoms with Gasteiger partial charge in [-0.3, -0.25) is 9.78 Å². The van der Waals surface area contributed by atoms with Crippen LogP contribution in [0.2, 0.25) is 0 Å². The van der Waals surface area contributed by atoms with Gasteiger partial charge in [-0.2, -0.15) is 21.6 Å². The molecule has 170 valence electrons. The normalized spacial score (nSPS) is 12.1. The van der Waals surface area contributed by atoms with Crippen LogP contribution in [0.15, 0.2) is 12.3 Å². The lowest BCUT2D eigenvalue weighted by Gasteiger charge is -2.19. The van der Waals surface area contributed by atoms with Crippen molar-refractivity contribution in [1.29, 1.82) is 0 Å². The summed E-state index contributed by atoms with van der Waals surface area (Å²) in [6.45, 7) is 5.23. The molecule has 1 rings (SSSR count). The van der Waals surface area contributed by atoms with E-state index >= 15 is 0 Å². The van der Waals surface area contributed by atoms with Crippen molar-refractivity contribution in [3.05, 3.63) is 18.0 Å². The summed E-state index contributed by atoms with van der Waals surface area (Å²) in [6.07, 6.45) is 0.144. The Labute approximate surface area is 170 Å². The Morgan fingerprint density at radius 2 is 1.80 bits per heavy atom. The summed E-state index contributed by atoms with van der Waals surface area (Å²) in [4.78, 5) is 26.2. The van der Waals surface area contributed by atoms with Gasteiger partial charge in [-0.1, -0.05) is 0 Å². The van der Waals surface area contributed by atoms with E-state index in [4.69, 9.17) is 9.47 Å². The van der Waals surface area contributed by atoms with Crippen molar-refractivity contribution in [1.82, 2.24) is 10.3 Å². The van der Waals surface area contributed by atoms with Gasteiger partial charge in [0, 0.05) is 13.0 Å². The van der Waals surface area contributed by atoms with Gasteiger partial charge in [-0.05, 0) is 20.8 Å². The van der Waals surface area contributed by atoms with E-state index < -0.39 is 51.4 Å². The summed E-state index contributed by atoms with van der Waals surface area (Å²) < 4.78 is 79.5. The zero-order valence-electron chi connectivity index (χ0n) is 16.5. The lowest BCUT2D eigenvalue weighted by molar-refractivity contribution is -0.142. The van der Waals surface area contributed by atoms with Crippen LogP contribution in [0.25, 0.3) is 0 Å². The first-order valence-corrected chi connectivity index (χ1v) is 9.74. The van der Waals surface area contributed by atoms with Gasteiger partial charge in [0.1, 0.15) is 18.8 Å². The number of alkyl carbamates (subject to hydrolysis) is 1. The molecule has 0 spiro atoms. The van der Waals surface area contributed by atoms with E-state index in [-0.39, 0.29) is 18.8 Å². The number of pyridine rings is 1. The number of ether oxygens (including phenoxy) is 3. The molecule has 1 aromatic heterocycles. The van der Waals surface area contributed by atoms with Gasteiger partial charge < -0.3 is 23.7 Å². The molecule has 1 heterocycles. The van der Waals surface area contributed by atoms with Crippen LogP contribution < -0.4 is 14.2 Å². The van der Waals surface area contributed by atoms with E-state index in [1.165, 1.54) is 0 Å². The number of rotatable bonds is 8. The van der Waals surface area contributed by atoms with Crippen molar-refractivity contribution in [2.45, 2.75) is 45.4 Å². The Morgan fingerprint density at radius 1 is 1.17 bits per heavy atom. The third kappa shape index (κ3) is 8.71. The Balaban J connectivity index is 2.90. The standard InChI is InChI=1S/C16H21F3N2O8S/c1-10(22)27-9-11-7-12(29-30(24,25)16(17,18)19)13(8-21-11)26-6-5-20-14(23)28-15(2,3)4/h7-8H,5-6,9H2,1-4H3,(H,20,23). The second-order valence-corrected chi connectivity index (χ2v) is 8.20. The second-order valence-electron chi connectivity index (χ2n) is 6.66. The minimum absolute atomic E-state index is 0.0863. The van der Waals surface area contributed by atoms with Gasteiger partial charge in [0.2, 0.25) is 0 Å². The maximum absolute atomic E-state index is 12.6. The van der Waals surface area contributed by atoms with Crippen LogP contribution >= 0.6 is 0 Å². The third-order valence-electron chi connectivity index (χ3n) is 2.82. The molecule has 0 aliphatic carbocycles. The molecule has 0 atom stereocenters. The van der Waals surface area contributed by atoms with E-state index in [2.05, 4.69) is 19.2 Å². The van der Waals surface area contributed by atoms with Crippen LogP contribution in [0, 0.1) is 0 Å². The van der Waals surface area contributed by atoms with Gasteiger partial charge in [-0.25, -0.2) is 4.79 Å². The van der Waals surface area contributed by atoms with Crippen LogP contribution in [-0.4, -0.2) is 49.7 Å². The van der Waals surface area contributed by atoms with Gasteiger partial charge in [-0.15, -0.1) is 0 Å². The zero-order chi connectivity index (χ0) is 23.2. The van der Waals surface area contributed by atoms with Crippen molar-refractivity contribution in [2.75, 3.05) is 13.2 Å². The van der Waals surface area contributed by atoms with Crippen LogP contribution in [0.3, 0.4) is 0 Å². The molecule has 14 heteroatoms. The molecule has 0 aromatic carbocycles. The summed E-state index contributed by atoms with van der Waals surface area (Å²) >= 11 is 0. The Morgan fingerprint density at radius 3 is 2.33 bits per heavy atom. The fourth-order valence-corrected chi connectivity index (χ4v) is 2.15. The number of hydrogen-bond acceptors (Lipinski definition) is 9. The maximum atomic E-state index is 12.6. The molecule has 0 saturated carbocycles. The van der Waals surface area contributed by atoms with Gasteiger partial charge in [0.05, 0.1) is 18.4 Å². The molecular formula is C16H21F3N2O8S. The molecule has 0 saturated heterocycles. The number of nitrogens with zero attached hydrogens (tertiary/aromatic N) is 1. The van der Waals surface area contributed by atoms with Gasteiger partial charge in [0.25, 0.3) is 0 Å². The van der Waals surface area contributed by atoms with Crippen LogP contribution in [0.1, 0.15) is 33.4 Å². The van der Waals surface area contributed by atoms with E-state index in [0.29, 0.717) is 0 Å². The van der Waals surface area contributed by atoms with E-state index in [0.717, 1.165) is 19.2 Å². The van der Waals surface area contributed by atoms with Crippen LogP contribution in [0.5, 0.6) is 11.5 Å². The average molecular weight is 458 g/mol. The molecule has 0 bridgehead atoms. The van der Waals surface area contributed by atoms with Gasteiger partial charge >= 0.3 is 27.7 Å². The zero-order valence-corrected chi connectivity index (χ0v) is 17.3. The number of carbonyl (C=O) groups excluding carboxylic acids is 2. The summed E-state index contributed by atoms with van der Waals surface area (Å²) in [6, 6.07) is 0.822.